The molecule has 116 valence electrons. The van der Waals surface area contributed by atoms with Crippen molar-refractivity contribution in [3.05, 3.63) is 41.0 Å². The predicted molar refractivity (Wildman–Crippen MR) is 86.7 cm³/mol. The quantitative estimate of drug-likeness (QED) is 0.813. The number of phenolic OH excluding ortho intramolecular Hbond substituents is 1. The van der Waals surface area contributed by atoms with Gasteiger partial charge in [0.25, 0.3) is 11.8 Å². The Bertz CT molecular complexity index is 929. The summed E-state index contributed by atoms with van der Waals surface area (Å²) in [6.45, 7) is 5.45. The summed E-state index contributed by atoms with van der Waals surface area (Å²) in [5.41, 5.74) is 1.87. The zero-order valence-corrected chi connectivity index (χ0v) is 13.1. The Hall–Kier alpha value is -2.69. The number of phenols is 1. The highest BCUT2D eigenvalue weighted by atomic mass is 16.3. The molecular weight excluding hydrogens is 292 g/mol. The zero-order valence-electron chi connectivity index (χ0n) is 13.1. The van der Waals surface area contributed by atoms with Crippen LogP contribution in [0.15, 0.2) is 29.3 Å². The fraction of sp³-hybridized carbons (Fsp3) is 0.278. The van der Waals surface area contributed by atoms with Crippen molar-refractivity contribution in [3.8, 4) is 5.75 Å². The van der Waals surface area contributed by atoms with Crippen molar-refractivity contribution in [1.29, 1.82) is 0 Å². The largest absolute Gasteiger partial charge is 0.508 e. The van der Waals surface area contributed by atoms with E-state index < -0.39 is 0 Å². The smallest absolute Gasteiger partial charge is 0.261 e. The van der Waals surface area contributed by atoms with Gasteiger partial charge in [-0.1, -0.05) is 19.1 Å². The van der Waals surface area contributed by atoms with Crippen molar-refractivity contribution in [3.63, 3.8) is 0 Å². The molecule has 2 aromatic carbocycles. The lowest BCUT2D eigenvalue weighted by Crippen LogP contribution is -2.48. The normalized spacial score (nSPS) is 23.1. The van der Waals surface area contributed by atoms with Crippen LogP contribution in [-0.2, 0) is 4.79 Å². The van der Waals surface area contributed by atoms with Crippen LogP contribution in [0.1, 0.15) is 35.3 Å². The maximum Gasteiger partial charge on any atom is 0.261 e. The molecule has 2 aromatic rings. The van der Waals surface area contributed by atoms with Gasteiger partial charge >= 0.3 is 0 Å². The molecule has 1 N–H and O–H groups in total. The fourth-order valence-corrected chi connectivity index (χ4v) is 3.47. The number of nitrogens with zero attached hydrogens (tertiary/aromatic N) is 2. The second-order valence-electron chi connectivity index (χ2n) is 6.27. The molecule has 2 aliphatic heterocycles. The topological polar surface area (TPSA) is 70.0 Å². The summed E-state index contributed by atoms with van der Waals surface area (Å²) in [4.78, 5) is 30.9. The lowest BCUT2D eigenvalue weighted by Gasteiger charge is -2.32. The van der Waals surface area contributed by atoms with Crippen molar-refractivity contribution in [2.75, 3.05) is 0 Å². The minimum Gasteiger partial charge on any atom is -0.508 e. The van der Waals surface area contributed by atoms with E-state index in [4.69, 9.17) is 0 Å². The highest BCUT2D eigenvalue weighted by molar-refractivity contribution is 6.30. The molecule has 0 aliphatic carbocycles. The number of aromatic hydroxyl groups is 1. The van der Waals surface area contributed by atoms with Gasteiger partial charge in [0.05, 0.1) is 11.5 Å². The average Bonchev–Trinajstić information content (AvgIpc) is 2.81. The first-order valence-corrected chi connectivity index (χ1v) is 7.63. The van der Waals surface area contributed by atoms with Crippen LogP contribution in [0.2, 0.25) is 0 Å². The standard InChI is InChI=1S/C18H16N2O3/c1-8-10(3)20-16(19-17(8)22)12-6-4-11-5-7-13(21)9(2)14(11)15(12)18(20)23/h4-8,10,21H,1-3H3/t8-,10+/m0/s1. The summed E-state index contributed by atoms with van der Waals surface area (Å²) in [5, 5.41) is 11.6. The number of benzene rings is 2. The number of fused-ring (bicyclic) bond motifs is 5. The van der Waals surface area contributed by atoms with Gasteiger partial charge in [-0.3, -0.25) is 14.5 Å². The molecule has 4 rings (SSSR count). The van der Waals surface area contributed by atoms with E-state index in [2.05, 4.69) is 4.99 Å². The molecule has 5 heteroatoms. The summed E-state index contributed by atoms with van der Waals surface area (Å²) in [7, 11) is 0. The number of aliphatic imine (C=N–C) groups is 1. The minimum absolute atomic E-state index is 0.148. The third-order valence-corrected chi connectivity index (χ3v) is 5.06. The van der Waals surface area contributed by atoms with Gasteiger partial charge in [0.1, 0.15) is 11.6 Å². The molecule has 0 saturated carbocycles. The Morgan fingerprint density at radius 1 is 1.13 bits per heavy atom. The van der Waals surface area contributed by atoms with Gasteiger partial charge < -0.3 is 5.11 Å². The van der Waals surface area contributed by atoms with Crippen LogP contribution in [0.3, 0.4) is 0 Å². The van der Waals surface area contributed by atoms with Crippen molar-refractivity contribution in [2.45, 2.75) is 26.8 Å². The SMILES string of the molecule is Cc1c(O)ccc2ccc3c(c12)C(=O)N1C3=NC(=O)[C@@H](C)[C@H]1C. The Kier molecular flexibility index (Phi) is 2.67. The van der Waals surface area contributed by atoms with Crippen molar-refractivity contribution >= 4 is 28.4 Å². The lowest BCUT2D eigenvalue weighted by molar-refractivity contribution is -0.123. The van der Waals surface area contributed by atoms with Gasteiger partial charge in [0.15, 0.2) is 0 Å². The third kappa shape index (κ3) is 1.64. The third-order valence-electron chi connectivity index (χ3n) is 5.06. The summed E-state index contributed by atoms with van der Waals surface area (Å²) in [6, 6.07) is 6.92. The number of aryl methyl sites for hydroxylation is 1. The highest BCUT2D eigenvalue weighted by Crippen LogP contribution is 2.38. The van der Waals surface area contributed by atoms with Gasteiger partial charge in [0.2, 0.25) is 0 Å². The van der Waals surface area contributed by atoms with Gasteiger partial charge in [-0.25, -0.2) is 0 Å². The molecule has 0 aromatic heterocycles. The van der Waals surface area contributed by atoms with Gasteiger partial charge in [0, 0.05) is 17.0 Å². The molecule has 5 nitrogen and oxygen atoms in total. The lowest BCUT2D eigenvalue weighted by atomic mass is 9.96. The predicted octanol–water partition coefficient (Wildman–Crippen LogP) is 2.62. The molecule has 2 aliphatic rings. The van der Waals surface area contributed by atoms with Crippen LogP contribution in [0.4, 0.5) is 0 Å². The van der Waals surface area contributed by atoms with Crippen LogP contribution < -0.4 is 0 Å². The molecule has 2 atom stereocenters. The number of amidine groups is 1. The summed E-state index contributed by atoms with van der Waals surface area (Å²) < 4.78 is 0. The maximum absolute atomic E-state index is 13.0. The average molecular weight is 308 g/mol. The Labute approximate surface area is 133 Å². The van der Waals surface area contributed by atoms with E-state index in [9.17, 15) is 14.7 Å². The van der Waals surface area contributed by atoms with Gasteiger partial charge in [-0.2, -0.15) is 4.99 Å². The number of carbonyl (C=O) groups is 2. The first-order chi connectivity index (χ1) is 10.9. The molecule has 0 fully saturated rings. The number of hydrogen-bond acceptors (Lipinski definition) is 3. The van der Waals surface area contributed by atoms with E-state index in [1.165, 1.54) is 0 Å². The summed E-state index contributed by atoms with van der Waals surface area (Å²) >= 11 is 0. The van der Waals surface area contributed by atoms with Gasteiger partial charge in [-0.15, -0.1) is 0 Å². The highest BCUT2D eigenvalue weighted by Gasteiger charge is 2.44. The van der Waals surface area contributed by atoms with E-state index in [0.29, 0.717) is 22.5 Å². The maximum atomic E-state index is 13.0. The van der Waals surface area contributed by atoms with Crippen LogP contribution in [0.25, 0.3) is 10.8 Å². The molecule has 23 heavy (non-hydrogen) atoms. The molecule has 0 bridgehead atoms. The molecule has 2 amide bonds. The molecule has 0 radical (unpaired) electrons. The van der Waals surface area contributed by atoms with Crippen LogP contribution >= 0.6 is 0 Å². The van der Waals surface area contributed by atoms with Crippen molar-refractivity contribution in [2.24, 2.45) is 10.9 Å². The number of amides is 2. The fourth-order valence-electron chi connectivity index (χ4n) is 3.47. The second-order valence-corrected chi connectivity index (χ2v) is 6.27. The van der Waals surface area contributed by atoms with E-state index in [-0.39, 0.29) is 29.5 Å². The second kappa shape index (κ2) is 4.41. The number of hydrogen-bond donors (Lipinski definition) is 1. The van der Waals surface area contributed by atoms with E-state index in [0.717, 1.165) is 10.8 Å². The summed E-state index contributed by atoms with van der Waals surface area (Å²) in [6.07, 6.45) is 0. The minimum atomic E-state index is -0.322. The Balaban J connectivity index is 2.08. The van der Waals surface area contributed by atoms with Crippen molar-refractivity contribution < 1.29 is 14.7 Å². The van der Waals surface area contributed by atoms with Crippen LogP contribution in [0, 0.1) is 12.8 Å². The number of carbonyl (C=O) groups excluding carboxylic acids is 2. The van der Waals surface area contributed by atoms with Crippen molar-refractivity contribution in [1.82, 2.24) is 4.90 Å². The first kappa shape index (κ1) is 13.9. The monoisotopic (exact) mass is 308 g/mol. The zero-order chi connectivity index (χ0) is 16.5. The molecule has 2 heterocycles. The Morgan fingerprint density at radius 3 is 2.57 bits per heavy atom. The summed E-state index contributed by atoms with van der Waals surface area (Å²) in [5.74, 6) is -0.0759. The van der Waals surface area contributed by atoms with E-state index in [1.807, 2.05) is 19.1 Å². The van der Waals surface area contributed by atoms with E-state index >= 15 is 0 Å². The number of rotatable bonds is 0. The molecular formula is C18H16N2O3. The molecule has 0 saturated heterocycles. The first-order valence-electron chi connectivity index (χ1n) is 7.63. The van der Waals surface area contributed by atoms with Crippen LogP contribution in [0.5, 0.6) is 5.75 Å². The molecule has 0 spiro atoms. The molecule has 0 unspecified atom stereocenters. The van der Waals surface area contributed by atoms with Crippen LogP contribution in [-0.4, -0.2) is 33.7 Å². The Morgan fingerprint density at radius 2 is 1.83 bits per heavy atom. The van der Waals surface area contributed by atoms with E-state index in [1.54, 1.807) is 30.9 Å². The van der Waals surface area contributed by atoms with Gasteiger partial charge in [-0.05, 0) is 36.9 Å².